The Balaban J connectivity index is 2.87. The molecule has 0 N–H and O–H groups in total. The summed E-state index contributed by atoms with van der Waals surface area (Å²) in [6.45, 7) is 2.88. The lowest BCUT2D eigenvalue weighted by Gasteiger charge is -2.17. The number of hydrogen-bond acceptors (Lipinski definition) is 2. The van der Waals surface area contributed by atoms with E-state index in [1.807, 2.05) is 25.4 Å². The molecule has 0 saturated carbocycles. The standard InChI is InChI=1S/C13H18ClNOS/c1-4-5-8-15(2)13(16)11-9-10(17-3)6-7-12(11)14/h6-7,9H,4-5,8H2,1-3H3. The van der Waals surface area contributed by atoms with E-state index in [1.165, 1.54) is 0 Å². The molecule has 2 nitrogen and oxygen atoms in total. The summed E-state index contributed by atoms with van der Waals surface area (Å²) in [5.41, 5.74) is 0.595. The van der Waals surface area contributed by atoms with Gasteiger partial charge in [0.2, 0.25) is 0 Å². The number of carbonyl (C=O) groups is 1. The summed E-state index contributed by atoms with van der Waals surface area (Å²) in [6.07, 6.45) is 4.08. The maximum Gasteiger partial charge on any atom is 0.255 e. The summed E-state index contributed by atoms with van der Waals surface area (Å²) >= 11 is 7.68. The molecule has 1 rings (SSSR count). The fourth-order valence-electron chi connectivity index (χ4n) is 1.50. The molecule has 0 aliphatic rings. The van der Waals surface area contributed by atoms with Gasteiger partial charge in [0.25, 0.3) is 5.91 Å². The van der Waals surface area contributed by atoms with Crippen molar-refractivity contribution in [2.75, 3.05) is 19.8 Å². The molecule has 1 aromatic carbocycles. The van der Waals surface area contributed by atoms with Gasteiger partial charge in [0.05, 0.1) is 10.6 Å². The van der Waals surface area contributed by atoms with Crippen LogP contribution in [0.1, 0.15) is 30.1 Å². The van der Waals surface area contributed by atoms with E-state index in [9.17, 15) is 4.79 Å². The molecular formula is C13H18ClNOS. The van der Waals surface area contributed by atoms with E-state index in [4.69, 9.17) is 11.6 Å². The molecule has 4 heteroatoms. The Hall–Kier alpha value is -0.670. The summed E-state index contributed by atoms with van der Waals surface area (Å²) in [5.74, 6) is -0.000602. The Kier molecular flexibility index (Phi) is 5.86. The first-order valence-corrected chi connectivity index (χ1v) is 7.29. The molecule has 0 fully saturated rings. The number of thioether (sulfide) groups is 1. The molecule has 94 valence electrons. The largest absolute Gasteiger partial charge is 0.342 e. The van der Waals surface area contributed by atoms with Crippen LogP contribution in [0.3, 0.4) is 0 Å². The van der Waals surface area contributed by atoms with Gasteiger partial charge in [-0.15, -0.1) is 11.8 Å². The van der Waals surface area contributed by atoms with Crippen molar-refractivity contribution in [2.45, 2.75) is 24.7 Å². The molecule has 0 heterocycles. The minimum absolute atomic E-state index is 0.000602. The van der Waals surface area contributed by atoms with E-state index in [1.54, 1.807) is 22.7 Å². The lowest BCUT2D eigenvalue weighted by molar-refractivity contribution is 0.0793. The molecule has 1 amide bonds. The SMILES string of the molecule is CCCCN(C)C(=O)c1cc(SC)ccc1Cl. The molecule has 0 radical (unpaired) electrons. The molecule has 0 bridgehead atoms. The van der Waals surface area contributed by atoms with Gasteiger partial charge in [-0.3, -0.25) is 4.79 Å². The second-order valence-electron chi connectivity index (χ2n) is 3.93. The van der Waals surface area contributed by atoms with Crippen LogP contribution in [0.4, 0.5) is 0 Å². The number of hydrogen-bond donors (Lipinski definition) is 0. The molecule has 0 aliphatic carbocycles. The topological polar surface area (TPSA) is 20.3 Å². The van der Waals surface area contributed by atoms with Gasteiger partial charge in [-0.05, 0) is 30.9 Å². The minimum Gasteiger partial charge on any atom is -0.342 e. The van der Waals surface area contributed by atoms with Gasteiger partial charge in [-0.1, -0.05) is 24.9 Å². The number of halogens is 1. The summed E-state index contributed by atoms with van der Waals surface area (Å²) in [4.78, 5) is 15.0. The maximum atomic E-state index is 12.2. The third-order valence-electron chi connectivity index (χ3n) is 2.60. The smallest absolute Gasteiger partial charge is 0.255 e. The van der Waals surface area contributed by atoms with Gasteiger partial charge in [-0.25, -0.2) is 0 Å². The normalized spacial score (nSPS) is 10.4. The Morgan fingerprint density at radius 2 is 2.18 bits per heavy atom. The van der Waals surface area contributed by atoms with Crippen LogP contribution in [0.15, 0.2) is 23.1 Å². The average molecular weight is 272 g/mol. The highest BCUT2D eigenvalue weighted by Crippen LogP contribution is 2.24. The highest BCUT2D eigenvalue weighted by molar-refractivity contribution is 7.98. The van der Waals surface area contributed by atoms with E-state index in [0.29, 0.717) is 10.6 Å². The first-order valence-electron chi connectivity index (χ1n) is 5.69. The minimum atomic E-state index is -0.000602. The molecule has 0 spiro atoms. The number of amides is 1. The predicted octanol–water partition coefficient (Wildman–Crippen LogP) is 3.93. The lowest BCUT2D eigenvalue weighted by Crippen LogP contribution is -2.27. The molecule has 0 saturated heterocycles. The quantitative estimate of drug-likeness (QED) is 0.756. The van der Waals surface area contributed by atoms with Crippen LogP contribution in [0.2, 0.25) is 5.02 Å². The van der Waals surface area contributed by atoms with E-state index < -0.39 is 0 Å². The van der Waals surface area contributed by atoms with Crippen molar-refractivity contribution in [2.24, 2.45) is 0 Å². The summed E-state index contributed by atoms with van der Waals surface area (Å²) in [5, 5.41) is 0.524. The second-order valence-corrected chi connectivity index (χ2v) is 5.21. The molecular weight excluding hydrogens is 254 g/mol. The van der Waals surface area contributed by atoms with Gasteiger partial charge in [0.15, 0.2) is 0 Å². The zero-order chi connectivity index (χ0) is 12.8. The van der Waals surface area contributed by atoms with Crippen molar-refractivity contribution in [3.8, 4) is 0 Å². The van der Waals surface area contributed by atoms with Gasteiger partial charge >= 0.3 is 0 Å². The van der Waals surface area contributed by atoms with E-state index in [0.717, 1.165) is 24.3 Å². The third-order valence-corrected chi connectivity index (χ3v) is 3.65. The van der Waals surface area contributed by atoms with Gasteiger partial charge in [0.1, 0.15) is 0 Å². The first kappa shape index (κ1) is 14.4. The number of benzene rings is 1. The Bertz CT molecular complexity index is 395. The lowest BCUT2D eigenvalue weighted by atomic mass is 10.2. The molecule has 17 heavy (non-hydrogen) atoms. The van der Waals surface area contributed by atoms with E-state index in [-0.39, 0.29) is 5.91 Å². The van der Waals surface area contributed by atoms with Crippen LogP contribution in [-0.2, 0) is 0 Å². The molecule has 0 aliphatic heterocycles. The Morgan fingerprint density at radius 1 is 1.47 bits per heavy atom. The third kappa shape index (κ3) is 3.93. The van der Waals surface area contributed by atoms with Crippen LogP contribution in [0, 0.1) is 0 Å². The Morgan fingerprint density at radius 3 is 2.76 bits per heavy atom. The second kappa shape index (κ2) is 6.92. The van der Waals surface area contributed by atoms with Crippen molar-refractivity contribution in [3.63, 3.8) is 0 Å². The number of unbranched alkanes of at least 4 members (excludes halogenated alkanes) is 1. The fraction of sp³-hybridized carbons (Fsp3) is 0.462. The summed E-state index contributed by atoms with van der Waals surface area (Å²) in [7, 11) is 1.82. The van der Waals surface area contributed by atoms with Crippen LogP contribution in [0.25, 0.3) is 0 Å². The van der Waals surface area contributed by atoms with Gasteiger partial charge in [-0.2, -0.15) is 0 Å². The van der Waals surface area contributed by atoms with Crippen LogP contribution in [0.5, 0.6) is 0 Å². The van der Waals surface area contributed by atoms with Crippen LogP contribution >= 0.6 is 23.4 Å². The Labute approximate surface area is 112 Å². The molecule has 0 atom stereocenters. The highest BCUT2D eigenvalue weighted by Gasteiger charge is 2.15. The van der Waals surface area contributed by atoms with Crippen molar-refractivity contribution in [1.82, 2.24) is 4.90 Å². The average Bonchev–Trinajstić information content (AvgIpc) is 2.35. The van der Waals surface area contributed by atoms with Crippen LogP contribution < -0.4 is 0 Å². The van der Waals surface area contributed by atoms with Crippen molar-refractivity contribution >= 4 is 29.3 Å². The summed E-state index contributed by atoms with van der Waals surface area (Å²) < 4.78 is 0. The van der Waals surface area contributed by atoms with Gasteiger partial charge < -0.3 is 4.90 Å². The summed E-state index contributed by atoms with van der Waals surface area (Å²) in [6, 6.07) is 5.57. The van der Waals surface area contributed by atoms with E-state index >= 15 is 0 Å². The highest BCUT2D eigenvalue weighted by atomic mass is 35.5. The van der Waals surface area contributed by atoms with E-state index in [2.05, 4.69) is 6.92 Å². The van der Waals surface area contributed by atoms with Crippen LogP contribution in [-0.4, -0.2) is 30.7 Å². The maximum absolute atomic E-state index is 12.2. The fourth-order valence-corrected chi connectivity index (χ4v) is 2.14. The van der Waals surface area contributed by atoms with Crippen molar-refractivity contribution in [3.05, 3.63) is 28.8 Å². The first-order chi connectivity index (χ1) is 8.10. The van der Waals surface area contributed by atoms with Crippen molar-refractivity contribution < 1.29 is 4.79 Å². The van der Waals surface area contributed by atoms with Crippen molar-refractivity contribution in [1.29, 1.82) is 0 Å². The number of rotatable bonds is 5. The zero-order valence-electron chi connectivity index (χ0n) is 10.5. The van der Waals surface area contributed by atoms with Gasteiger partial charge in [0, 0.05) is 18.5 Å². The molecule has 0 aromatic heterocycles. The monoisotopic (exact) mass is 271 g/mol. The predicted molar refractivity (Wildman–Crippen MR) is 75.1 cm³/mol. The zero-order valence-corrected chi connectivity index (χ0v) is 12.1. The molecule has 0 unspecified atom stereocenters. The molecule has 1 aromatic rings. The number of carbonyl (C=O) groups excluding carboxylic acids is 1. The number of nitrogens with zero attached hydrogens (tertiary/aromatic N) is 1.